The third-order valence-corrected chi connectivity index (χ3v) is 11.1. The van der Waals surface area contributed by atoms with Crippen molar-refractivity contribution in [3.8, 4) is 0 Å². The molecule has 2 N–H and O–H groups in total. The number of benzene rings is 1. The van der Waals surface area contributed by atoms with Crippen molar-refractivity contribution in [2.45, 2.75) is 77.5 Å². The van der Waals surface area contributed by atoms with Gasteiger partial charge in [0.1, 0.15) is 10.3 Å². The van der Waals surface area contributed by atoms with E-state index in [1.54, 1.807) is 0 Å². The Hall–Kier alpha value is -2.92. The van der Waals surface area contributed by atoms with Gasteiger partial charge in [-0.1, -0.05) is 44.2 Å². The Bertz CT molecular complexity index is 1530. The van der Waals surface area contributed by atoms with Crippen molar-refractivity contribution in [2.75, 3.05) is 46.8 Å². The van der Waals surface area contributed by atoms with Gasteiger partial charge >= 0.3 is 0 Å². The Kier molecular flexibility index (Phi) is 9.30. The van der Waals surface area contributed by atoms with E-state index in [1.165, 1.54) is 16.9 Å². The van der Waals surface area contributed by atoms with Crippen LogP contribution in [0.25, 0.3) is 10.3 Å². The second kappa shape index (κ2) is 13.1. The number of likely N-dealkylation sites (N-methyl/N-ethyl adjacent to an activating group) is 1. The average molecular weight is 633 g/mol. The van der Waals surface area contributed by atoms with E-state index in [1.807, 2.05) is 43.3 Å². The molecule has 2 aliphatic heterocycles. The minimum Gasteiger partial charge on any atom is -0.393 e. The van der Waals surface area contributed by atoms with Crippen LogP contribution in [0.3, 0.4) is 0 Å². The Morgan fingerprint density at radius 2 is 1.87 bits per heavy atom. The van der Waals surface area contributed by atoms with E-state index in [2.05, 4.69) is 42.0 Å². The largest absolute Gasteiger partial charge is 0.393 e. The summed E-state index contributed by atoms with van der Waals surface area (Å²) >= 11 is 1.36. The standard InChI is InChI=1S/C35H48N6O3S/c1-35(2,3)25-9-10-28-24(18-25)19-30-32(37-28)45-33(38-30)31(43)36-29(13-16-40-14-11-27(42)12-15-40)22-7-6-8-23(17-22)34(44)41-20-26(21-41)39(4)5/h6-8,17,19,25-27,29,42H,9-16,18,20-21H2,1-5H3,(H,36,43)/t25-,29?/m0/s1. The van der Waals surface area contributed by atoms with Crippen molar-refractivity contribution >= 4 is 33.5 Å². The van der Waals surface area contributed by atoms with Crippen LogP contribution in [0.2, 0.25) is 0 Å². The number of piperidine rings is 1. The van der Waals surface area contributed by atoms with Crippen LogP contribution in [0, 0.1) is 11.3 Å². The first kappa shape index (κ1) is 32.0. The molecule has 6 rings (SSSR count). The van der Waals surface area contributed by atoms with Gasteiger partial charge in [-0.05, 0) is 93.3 Å². The molecule has 9 nitrogen and oxygen atoms in total. The van der Waals surface area contributed by atoms with Crippen molar-refractivity contribution in [3.63, 3.8) is 0 Å². The zero-order valence-corrected chi connectivity index (χ0v) is 28.2. The zero-order valence-electron chi connectivity index (χ0n) is 27.4. The molecular weight excluding hydrogens is 584 g/mol. The molecule has 1 aliphatic carbocycles. The molecule has 2 fully saturated rings. The molecule has 1 unspecified atom stereocenters. The molecule has 2 saturated heterocycles. The summed E-state index contributed by atoms with van der Waals surface area (Å²) in [5.74, 6) is 0.420. The number of aliphatic hydroxyl groups is 1. The van der Waals surface area contributed by atoms with Gasteiger partial charge in [0, 0.05) is 50.0 Å². The van der Waals surface area contributed by atoms with Gasteiger partial charge in [-0.15, -0.1) is 0 Å². The van der Waals surface area contributed by atoms with Crippen LogP contribution in [-0.2, 0) is 12.8 Å². The van der Waals surface area contributed by atoms with Crippen molar-refractivity contribution < 1.29 is 14.7 Å². The summed E-state index contributed by atoms with van der Waals surface area (Å²) < 4.78 is 0. The summed E-state index contributed by atoms with van der Waals surface area (Å²) in [7, 11) is 4.09. The first-order chi connectivity index (χ1) is 21.4. The van der Waals surface area contributed by atoms with Crippen LogP contribution in [0.4, 0.5) is 0 Å². The van der Waals surface area contributed by atoms with Gasteiger partial charge in [-0.2, -0.15) is 0 Å². The summed E-state index contributed by atoms with van der Waals surface area (Å²) in [5.41, 5.74) is 5.00. The average Bonchev–Trinajstić information content (AvgIpc) is 3.40. The summed E-state index contributed by atoms with van der Waals surface area (Å²) in [6, 6.07) is 9.97. The second-order valence-corrected chi connectivity index (χ2v) is 15.6. The molecule has 45 heavy (non-hydrogen) atoms. The predicted molar refractivity (Wildman–Crippen MR) is 179 cm³/mol. The fourth-order valence-electron chi connectivity index (χ4n) is 6.86. The fourth-order valence-corrected chi connectivity index (χ4v) is 7.71. The number of hydrogen-bond donors (Lipinski definition) is 2. The van der Waals surface area contributed by atoms with Crippen LogP contribution >= 0.6 is 11.3 Å². The molecule has 0 radical (unpaired) electrons. The predicted octanol–water partition coefficient (Wildman–Crippen LogP) is 4.55. The molecule has 2 aromatic heterocycles. The van der Waals surface area contributed by atoms with Gasteiger partial charge in [-0.25, -0.2) is 9.97 Å². The maximum atomic E-state index is 13.8. The lowest BCUT2D eigenvalue weighted by Gasteiger charge is -2.42. The number of carbonyl (C=O) groups excluding carboxylic acids is 2. The highest BCUT2D eigenvalue weighted by Crippen LogP contribution is 2.38. The molecule has 3 aromatic rings. The van der Waals surface area contributed by atoms with Gasteiger partial charge in [0.15, 0.2) is 5.01 Å². The maximum Gasteiger partial charge on any atom is 0.280 e. The third kappa shape index (κ3) is 7.24. The van der Waals surface area contributed by atoms with Crippen LogP contribution in [0.5, 0.6) is 0 Å². The number of aryl methyl sites for hydroxylation is 1. The Morgan fingerprint density at radius 1 is 1.11 bits per heavy atom. The molecule has 3 aliphatic rings. The second-order valence-electron chi connectivity index (χ2n) is 14.6. The molecule has 10 heteroatoms. The molecular formula is C35H48N6O3S. The van der Waals surface area contributed by atoms with E-state index in [-0.39, 0.29) is 29.4 Å². The number of nitrogens with one attached hydrogen (secondary N) is 1. The van der Waals surface area contributed by atoms with Gasteiger partial charge in [0.2, 0.25) is 0 Å². The Labute approximate surface area is 271 Å². The topological polar surface area (TPSA) is 102 Å². The van der Waals surface area contributed by atoms with Gasteiger partial charge in [0.25, 0.3) is 11.8 Å². The normalized spacial score (nSPS) is 20.7. The molecule has 4 heterocycles. The number of hydrogen-bond acceptors (Lipinski definition) is 8. The summed E-state index contributed by atoms with van der Waals surface area (Å²) in [6.07, 6.45) is 5.09. The summed E-state index contributed by atoms with van der Waals surface area (Å²) in [5, 5.41) is 13.7. The molecule has 1 aromatic carbocycles. The van der Waals surface area contributed by atoms with Gasteiger partial charge < -0.3 is 25.1 Å². The number of rotatable bonds is 8. The van der Waals surface area contributed by atoms with E-state index in [4.69, 9.17) is 9.97 Å². The van der Waals surface area contributed by atoms with Crippen molar-refractivity contribution in [1.29, 1.82) is 0 Å². The first-order valence-corrected chi connectivity index (χ1v) is 17.3. The quantitative estimate of drug-likeness (QED) is 0.376. The van der Waals surface area contributed by atoms with Crippen LogP contribution in [-0.4, -0.2) is 101 Å². The molecule has 0 saturated carbocycles. The number of amides is 2. The summed E-state index contributed by atoms with van der Waals surface area (Å²) in [6.45, 7) is 10.8. The minimum atomic E-state index is -0.288. The lowest BCUT2D eigenvalue weighted by atomic mass is 9.71. The molecule has 2 atom stereocenters. The minimum absolute atomic E-state index is 0.0277. The fraction of sp³-hybridized carbons (Fsp3) is 0.600. The monoisotopic (exact) mass is 632 g/mol. The number of likely N-dealkylation sites (tertiary alicyclic amines) is 2. The number of carbonyl (C=O) groups is 2. The number of nitrogens with zero attached hydrogens (tertiary/aromatic N) is 5. The van der Waals surface area contributed by atoms with Crippen LogP contribution in [0.1, 0.15) is 89.5 Å². The third-order valence-electron chi connectivity index (χ3n) is 10.2. The van der Waals surface area contributed by atoms with E-state index in [9.17, 15) is 14.7 Å². The maximum absolute atomic E-state index is 13.8. The van der Waals surface area contributed by atoms with E-state index >= 15 is 0 Å². The SMILES string of the molecule is CN(C)C1CN(C(=O)c2cccc(C(CCN3CCC(O)CC3)NC(=O)c3nc4cc5c(nc4s3)CC[C@H](C(C)(C)C)C5)c2)C1. The van der Waals surface area contributed by atoms with Crippen molar-refractivity contribution in [2.24, 2.45) is 11.3 Å². The first-order valence-electron chi connectivity index (χ1n) is 16.5. The van der Waals surface area contributed by atoms with Crippen LogP contribution < -0.4 is 5.32 Å². The Morgan fingerprint density at radius 3 is 2.58 bits per heavy atom. The highest BCUT2D eigenvalue weighted by Gasteiger charge is 2.33. The molecule has 0 bridgehead atoms. The van der Waals surface area contributed by atoms with Crippen molar-refractivity contribution in [1.82, 2.24) is 30.0 Å². The molecule has 2 amide bonds. The zero-order chi connectivity index (χ0) is 31.9. The molecule has 242 valence electrons. The lowest BCUT2D eigenvalue weighted by Crippen LogP contribution is -2.59. The number of thiazole rings is 1. The van der Waals surface area contributed by atoms with E-state index in [0.29, 0.717) is 29.0 Å². The molecule has 0 spiro atoms. The number of aromatic nitrogens is 2. The van der Waals surface area contributed by atoms with Crippen molar-refractivity contribution in [3.05, 3.63) is 57.7 Å². The van der Waals surface area contributed by atoms with Crippen LogP contribution in [0.15, 0.2) is 30.3 Å². The van der Waals surface area contributed by atoms with E-state index < -0.39 is 0 Å². The lowest BCUT2D eigenvalue weighted by molar-refractivity contribution is 0.0399. The number of aliphatic hydroxyl groups excluding tert-OH is 1. The Balaban J connectivity index is 1.20. The smallest absolute Gasteiger partial charge is 0.280 e. The highest BCUT2D eigenvalue weighted by atomic mass is 32.1. The highest BCUT2D eigenvalue weighted by molar-refractivity contribution is 7.19. The van der Waals surface area contributed by atoms with Gasteiger partial charge in [0.05, 0.1) is 12.1 Å². The summed E-state index contributed by atoms with van der Waals surface area (Å²) in [4.78, 5) is 44.0. The van der Waals surface area contributed by atoms with Gasteiger partial charge in [-0.3, -0.25) is 9.59 Å². The number of pyridine rings is 1. The van der Waals surface area contributed by atoms with E-state index in [0.717, 1.165) is 86.4 Å². The number of fused-ring (bicyclic) bond motifs is 2.